The van der Waals surface area contributed by atoms with Gasteiger partial charge in [0.1, 0.15) is 0 Å². The van der Waals surface area contributed by atoms with Crippen LogP contribution in [0.25, 0.3) is 0 Å². The number of hydrogen-bond donors (Lipinski definition) is 2. The van der Waals surface area contributed by atoms with Crippen LogP contribution in [0.3, 0.4) is 0 Å². The van der Waals surface area contributed by atoms with Crippen LogP contribution in [0, 0.1) is 0 Å². The van der Waals surface area contributed by atoms with E-state index >= 15 is 0 Å². The smallest absolute Gasteiger partial charge is 0.328 e. The van der Waals surface area contributed by atoms with Crippen molar-refractivity contribution in [2.45, 2.75) is 12.5 Å². The van der Waals surface area contributed by atoms with E-state index in [1.807, 2.05) is 11.8 Å². The Morgan fingerprint density at radius 3 is 2.88 bits per heavy atom. The van der Waals surface area contributed by atoms with Crippen LogP contribution in [0.1, 0.15) is 6.42 Å². The van der Waals surface area contributed by atoms with Gasteiger partial charge in [-0.2, -0.15) is 11.8 Å². The third-order valence-electron chi connectivity index (χ3n) is 2.44. The molecular formula is C10H18N2O4S. The summed E-state index contributed by atoms with van der Waals surface area (Å²) in [6.45, 7) is 1.32. The van der Waals surface area contributed by atoms with Crippen molar-refractivity contribution in [1.82, 2.24) is 10.2 Å². The summed E-state index contributed by atoms with van der Waals surface area (Å²) in [5.74, 6) is 0.865. The number of hydrogen-bond acceptors (Lipinski definition) is 4. The van der Waals surface area contributed by atoms with Crippen LogP contribution in [0.15, 0.2) is 0 Å². The Morgan fingerprint density at radius 1 is 1.47 bits per heavy atom. The summed E-state index contributed by atoms with van der Waals surface area (Å²) < 4.78 is 4.76. The van der Waals surface area contributed by atoms with Gasteiger partial charge in [-0.1, -0.05) is 0 Å². The average Bonchev–Trinajstić information content (AvgIpc) is 2.56. The Balaban J connectivity index is 2.47. The van der Waals surface area contributed by atoms with Crippen molar-refractivity contribution >= 4 is 23.8 Å². The van der Waals surface area contributed by atoms with Crippen LogP contribution in [0.4, 0.5) is 4.79 Å². The highest BCUT2D eigenvalue weighted by molar-refractivity contribution is 7.99. The highest BCUT2D eigenvalue weighted by atomic mass is 32.2. The van der Waals surface area contributed by atoms with Crippen LogP contribution in [-0.2, 0) is 9.53 Å². The van der Waals surface area contributed by atoms with E-state index in [0.29, 0.717) is 13.1 Å². The molecule has 17 heavy (non-hydrogen) atoms. The molecule has 7 heteroatoms. The van der Waals surface area contributed by atoms with Crippen LogP contribution in [-0.4, -0.2) is 66.4 Å². The topological polar surface area (TPSA) is 78.9 Å². The maximum absolute atomic E-state index is 11.8. The van der Waals surface area contributed by atoms with Crippen LogP contribution < -0.4 is 5.32 Å². The first-order valence-corrected chi connectivity index (χ1v) is 6.65. The standard InChI is InChI=1S/C10H18N2O4S/c1-16-7-8(9(13)14)11-10(15)12-3-2-5-17-6-4-12/h8H,2-7H2,1H3,(H,11,15)(H,13,14). The Labute approximate surface area is 105 Å². The van der Waals surface area contributed by atoms with Gasteiger partial charge in [0.25, 0.3) is 0 Å². The Kier molecular flexibility index (Phi) is 6.13. The molecule has 1 saturated heterocycles. The molecule has 1 rings (SSSR count). The van der Waals surface area contributed by atoms with Crippen LogP contribution in [0.5, 0.6) is 0 Å². The second-order valence-electron chi connectivity index (χ2n) is 3.75. The van der Waals surface area contributed by atoms with Crippen molar-refractivity contribution < 1.29 is 19.4 Å². The zero-order valence-corrected chi connectivity index (χ0v) is 10.7. The van der Waals surface area contributed by atoms with Gasteiger partial charge >= 0.3 is 12.0 Å². The Morgan fingerprint density at radius 2 is 2.24 bits per heavy atom. The number of carbonyl (C=O) groups excluding carboxylic acids is 1. The van der Waals surface area contributed by atoms with Crippen molar-refractivity contribution in [1.29, 1.82) is 0 Å². The van der Waals surface area contributed by atoms with E-state index < -0.39 is 12.0 Å². The second-order valence-corrected chi connectivity index (χ2v) is 4.97. The molecule has 1 atom stereocenters. The van der Waals surface area contributed by atoms with Crippen molar-refractivity contribution in [3.05, 3.63) is 0 Å². The maximum atomic E-state index is 11.8. The van der Waals surface area contributed by atoms with Gasteiger partial charge < -0.3 is 20.1 Å². The van der Waals surface area contributed by atoms with Gasteiger partial charge in [0.2, 0.25) is 0 Å². The Bertz CT molecular complexity index is 267. The fourth-order valence-corrected chi connectivity index (χ4v) is 2.42. The molecule has 0 aromatic carbocycles. The van der Waals surface area contributed by atoms with Crippen molar-refractivity contribution in [2.75, 3.05) is 38.3 Å². The summed E-state index contributed by atoms with van der Waals surface area (Å²) in [5.41, 5.74) is 0. The quantitative estimate of drug-likeness (QED) is 0.758. The van der Waals surface area contributed by atoms with Gasteiger partial charge in [-0.3, -0.25) is 0 Å². The Hall–Kier alpha value is -0.950. The molecule has 0 saturated carbocycles. The largest absolute Gasteiger partial charge is 0.480 e. The number of carboxylic acid groups (broad SMARTS) is 1. The molecule has 2 N–H and O–H groups in total. The van der Waals surface area contributed by atoms with Gasteiger partial charge in [0.05, 0.1) is 6.61 Å². The summed E-state index contributed by atoms with van der Waals surface area (Å²) in [6, 6.07) is -1.31. The molecule has 1 aliphatic heterocycles. The normalized spacial score (nSPS) is 18.3. The minimum atomic E-state index is -1.08. The van der Waals surface area contributed by atoms with Gasteiger partial charge in [0, 0.05) is 26.0 Å². The molecule has 0 radical (unpaired) electrons. The highest BCUT2D eigenvalue weighted by Crippen LogP contribution is 2.10. The summed E-state index contributed by atoms with van der Waals surface area (Å²) in [7, 11) is 1.41. The molecule has 1 aliphatic rings. The average molecular weight is 262 g/mol. The minimum Gasteiger partial charge on any atom is -0.480 e. The summed E-state index contributed by atoms with van der Waals surface area (Å²) in [5, 5.41) is 11.4. The zero-order chi connectivity index (χ0) is 12.7. The predicted octanol–water partition coefficient (Wildman–Crippen LogP) is 0.234. The minimum absolute atomic E-state index is 0.0241. The van der Waals surface area contributed by atoms with Crippen molar-refractivity contribution in [2.24, 2.45) is 0 Å². The summed E-state index contributed by atoms with van der Waals surface area (Å²) in [4.78, 5) is 24.3. The lowest BCUT2D eigenvalue weighted by atomic mass is 10.3. The number of carbonyl (C=O) groups is 2. The molecule has 98 valence electrons. The molecular weight excluding hydrogens is 244 g/mol. The number of rotatable bonds is 4. The lowest BCUT2D eigenvalue weighted by Crippen LogP contribution is -2.50. The fourth-order valence-electron chi connectivity index (χ4n) is 1.53. The van der Waals surface area contributed by atoms with E-state index in [-0.39, 0.29) is 12.6 Å². The number of nitrogens with zero attached hydrogens (tertiary/aromatic N) is 1. The number of aliphatic carboxylic acids is 1. The molecule has 1 heterocycles. The molecule has 6 nitrogen and oxygen atoms in total. The molecule has 1 fully saturated rings. The maximum Gasteiger partial charge on any atom is 0.328 e. The van der Waals surface area contributed by atoms with E-state index in [9.17, 15) is 9.59 Å². The van der Waals surface area contributed by atoms with Gasteiger partial charge in [0.15, 0.2) is 6.04 Å². The van der Waals surface area contributed by atoms with Gasteiger partial charge in [-0.05, 0) is 12.2 Å². The fraction of sp³-hybridized carbons (Fsp3) is 0.800. The highest BCUT2D eigenvalue weighted by Gasteiger charge is 2.23. The first-order valence-electron chi connectivity index (χ1n) is 5.50. The van der Waals surface area contributed by atoms with E-state index in [0.717, 1.165) is 17.9 Å². The lowest BCUT2D eigenvalue weighted by molar-refractivity contribution is -0.140. The van der Waals surface area contributed by atoms with Gasteiger partial charge in [-0.15, -0.1) is 0 Å². The van der Waals surface area contributed by atoms with E-state index in [2.05, 4.69) is 5.32 Å². The predicted molar refractivity (Wildman–Crippen MR) is 65.3 cm³/mol. The first-order chi connectivity index (χ1) is 8.15. The summed E-state index contributed by atoms with van der Waals surface area (Å²) in [6.07, 6.45) is 0.945. The number of methoxy groups -OCH3 is 1. The SMILES string of the molecule is COCC(NC(=O)N1CCCSCC1)C(=O)O. The number of carboxylic acids is 1. The number of amides is 2. The van der Waals surface area contributed by atoms with Crippen LogP contribution >= 0.6 is 11.8 Å². The third kappa shape index (κ3) is 4.82. The number of thioether (sulfide) groups is 1. The molecule has 0 bridgehead atoms. The second kappa shape index (κ2) is 7.39. The summed E-state index contributed by atoms with van der Waals surface area (Å²) >= 11 is 1.81. The molecule has 0 spiro atoms. The van der Waals surface area contributed by atoms with Crippen molar-refractivity contribution in [3.63, 3.8) is 0 Å². The van der Waals surface area contributed by atoms with Crippen LogP contribution in [0.2, 0.25) is 0 Å². The van der Waals surface area contributed by atoms with Gasteiger partial charge in [-0.25, -0.2) is 9.59 Å². The molecule has 1 unspecified atom stereocenters. The molecule has 0 aromatic heterocycles. The van der Waals surface area contributed by atoms with E-state index in [1.54, 1.807) is 4.90 Å². The zero-order valence-electron chi connectivity index (χ0n) is 9.85. The number of nitrogens with one attached hydrogen (secondary N) is 1. The number of urea groups is 1. The number of ether oxygens (including phenoxy) is 1. The lowest BCUT2D eigenvalue weighted by Gasteiger charge is -2.23. The molecule has 2 amide bonds. The molecule has 0 aliphatic carbocycles. The van der Waals surface area contributed by atoms with Crippen molar-refractivity contribution in [3.8, 4) is 0 Å². The van der Waals surface area contributed by atoms with E-state index in [1.165, 1.54) is 7.11 Å². The first kappa shape index (κ1) is 14.1. The third-order valence-corrected chi connectivity index (χ3v) is 3.49. The monoisotopic (exact) mass is 262 g/mol. The van der Waals surface area contributed by atoms with E-state index in [4.69, 9.17) is 9.84 Å². The molecule has 0 aromatic rings.